The highest BCUT2D eigenvalue weighted by Gasteiger charge is 2.24. The molecule has 5 heteroatoms. The molecule has 0 aromatic heterocycles. The number of methoxy groups -OCH3 is 1. The highest BCUT2D eigenvalue weighted by atomic mass is 16.5. The molecule has 0 saturated carbocycles. The summed E-state index contributed by atoms with van der Waals surface area (Å²) in [5.74, 6) is 0.279. The van der Waals surface area contributed by atoms with Crippen LogP contribution >= 0.6 is 0 Å². The molecule has 1 heterocycles. The van der Waals surface area contributed by atoms with E-state index in [1.54, 1.807) is 0 Å². The second-order valence-electron chi connectivity index (χ2n) is 4.15. The molecule has 1 N–H and O–H groups in total. The Morgan fingerprint density at radius 3 is 2.88 bits per heavy atom. The highest BCUT2D eigenvalue weighted by molar-refractivity contribution is 5.80. The Labute approximate surface area is 96.1 Å². The van der Waals surface area contributed by atoms with Crippen LogP contribution in [-0.4, -0.2) is 49.6 Å². The van der Waals surface area contributed by atoms with Gasteiger partial charge in [-0.2, -0.15) is 0 Å². The van der Waals surface area contributed by atoms with Crippen LogP contribution in [0.4, 0.5) is 4.79 Å². The van der Waals surface area contributed by atoms with Crippen molar-refractivity contribution in [3.63, 3.8) is 0 Å². The molecule has 0 aromatic rings. The van der Waals surface area contributed by atoms with Gasteiger partial charge in [0.15, 0.2) is 0 Å². The van der Waals surface area contributed by atoms with E-state index in [9.17, 15) is 9.59 Å². The van der Waals surface area contributed by atoms with Gasteiger partial charge in [-0.15, -0.1) is 0 Å². The topological polar surface area (TPSA) is 58.6 Å². The van der Waals surface area contributed by atoms with Crippen LogP contribution < -0.4 is 5.32 Å². The standard InChI is InChI=1S/C11H20N2O3/c1-3-4-10(14)8-13-6-5-9(7-13)12-11(15)16-2/h9H,3-8H2,1-2H3,(H,12,15). The van der Waals surface area contributed by atoms with Crippen molar-refractivity contribution in [3.8, 4) is 0 Å². The van der Waals surface area contributed by atoms with Gasteiger partial charge in [-0.3, -0.25) is 9.69 Å². The molecule has 92 valence electrons. The zero-order chi connectivity index (χ0) is 12.0. The Balaban J connectivity index is 2.24. The van der Waals surface area contributed by atoms with E-state index in [-0.39, 0.29) is 11.8 Å². The maximum Gasteiger partial charge on any atom is 0.407 e. The number of Topliss-reactive ketones (excluding diaryl/α,β-unsaturated/α-hetero) is 1. The minimum Gasteiger partial charge on any atom is -0.453 e. The average molecular weight is 228 g/mol. The molecular formula is C11H20N2O3. The van der Waals surface area contributed by atoms with E-state index in [0.717, 1.165) is 25.9 Å². The lowest BCUT2D eigenvalue weighted by Gasteiger charge is -2.15. The van der Waals surface area contributed by atoms with E-state index in [1.165, 1.54) is 7.11 Å². The molecule has 1 atom stereocenters. The van der Waals surface area contributed by atoms with Crippen LogP contribution in [0.15, 0.2) is 0 Å². The van der Waals surface area contributed by atoms with Crippen molar-refractivity contribution in [1.82, 2.24) is 10.2 Å². The molecule has 1 fully saturated rings. The Hall–Kier alpha value is -1.10. The van der Waals surface area contributed by atoms with Crippen molar-refractivity contribution < 1.29 is 14.3 Å². The van der Waals surface area contributed by atoms with E-state index in [0.29, 0.717) is 13.0 Å². The Morgan fingerprint density at radius 2 is 2.25 bits per heavy atom. The van der Waals surface area contributed by atoms with Gasteiger partial charge in [0.2, 0.25) is 0 Å². The Morgan fingerprint density at radius 1 is 1.50 bits per heavy atom. The van der Waals surface area contributed by atoms with Crippen molar-refractivity contribution in [2.24, 2.45) is 0 Å². The first-order chi connectivity index (χ1) is 7.65. The fourth-order valence-corrected chi connectivity index (χ4v) is 1.93. The molecule has 16 heavy (non-hydrogen) atoms. The molecular weight excluding hydrogens is 208 g/mol. The second-order valence-corrected chi connectivity index (χ2v) is 4.15. The van der Waals surface area contributed by atoms with Crippen LogP contribution in [0.5, 0.6) is 0 Å². The van der Waals surface area contributed by atoms with Gasteiger partial charge in [0, 0.05) is 25.6 Å². The second kappa shape index (κ2) is 6.48. The number of ketones is 1. The number of carbonyl (C=O) groups excluding carboxylic acids is 2. The van der Waals surface area contributed by atoms with Gasteiger partial charge in [0.05, 0.1) is 13.7 Å². The summed E-state index contributed by atoms with van der Waals surface area (Å²) in [5, 5.41) is 2.75. The highest BCUT2D eigenvalue weighted by Crippen LogP contribution is 2.09. The summed E-state index contributed by atoms with van der Waals surface area (Å²) in [4.78, 5) is 24.5. The lowest BCUT2D eigenvalue weighted by Crippen LogP contribution is -2.37. The summed E-state index contributed by atoms with van der Waals surface area (Å²) in [5.41, 5.74) is 0. The van der Waals surface area contributed by atoms with E-state index >= 15 is 0 Å². The summed E-state index contributed by atoms with van der Waals surface area (Å²) < 4.78 is 4.53. The van der Waals surface area contributed by atoms with Crippen LogP contribution in [0.25, 0.3) is 0 Å². The van der Waals surface area contributed by atoms with Gasteiger partial charge in [-0.1, -0.05) is 6.92 Å². The Bertz CT molecular complexity index is 256. The third-order valence-corrected chi connectivity index (χ3v) is 2.71. The largest absolute Gasteiger partial charge is 0.453 e. The van der Waals surface area contributed by atoms with Gasteiger partial charge in [0.1, 0.15) is 5.78 Å². The first-order valence-corrected chi connectivity index (χ1v) is 5.74. The lowest BCUT2D eigenvalue weighted by molar-refractivity contribution is -0.120. The van der Waals surface area contributed by atoms with Gasteiger partial charge in [-0.05, 0) is 12.8 Å². The van der Waals surface area contributed by atoms with Gasteiger partial charge < -0.3 is 10.1 Å². The quantitative estimate of drug-likeness (QED) is 0.755. The molecule has 0 aromatic carbocycles. The number of amides is 1. The number of likely N-dealkylation sites (tertiary alicyclic amines) is 1. The summed E-state index contributed by atoms with van der Waals surface area (Å²) in [6, 6.07) is 0.113. The minimum atomic E-state index is -0.397. The fourth-order valence-electron chi connectivity index (χ4n) is 1.93. The lowest BCUT2D eigenvalue weighted by atomic mass is 10.2. The van der Waals surface area contributed by atoms with Crippen LogP contribution in [0, 0.1) is 0 Å². The maximum absolute atomic E-state index is 11.4. The first kappa shape index (κ1) is 13.0. The molecule has 1 unspecified atom stereocenters. The average Bonchev–Trinajstić information content (AvgIpc) is 2.65. The molecule has 0 spiro atoms. The molecule has 1 aliphatic heterocycles. The van der Waals surface area contributed by atoms with Crippen LogP contribution in [0.2, 0.25) is 0 Å². The number of alkyl carbamates (subject to hydrolysis) is 1. The number of carbonyl (C=O) groups is 2. The summed E-state index contributed by atoms with van der Waals surface area (Å²) in [7, 11) is 1.35. The van der Waals surface area contributed by atoms with Gasteiger partial charge >= 0.3 is 6.09 Å². The number of hydrogen-bond acceptors (Lipinski definition) is 4. The van der Waals surface area contributed by atoms with E-state index < -0.39 is 6.09 Å². The maximum atomic E-state index is 11.4. The zero-order valence-electron chi connectivity index (χ0n) is 9.99. The van der Waals surface area contributed by atoms with E-state index in [1.807, 2.05) is 6.92 Å². The van der Waals surface area contributed by atoms with E-state index in [4.69, 9.17) is 0 Å². The molecule has 1 saturated heterocycles. The molecule has 0 bridgehead atoms. The summed E-state index contributed by atoms with van der Waals surface area (Å²) in [6.07, 6.45) is 2.03. The normalized spacial score (nSPS) is 20.8. The predicted molar refractivity (Wildman–Crippen MR) is 60.3 cm³/mol. The van der Waals surface area contributed by atoms with Crippen LogP contribution in [-0.2, 0) is 9.53 Å². The summed E-state index contributed by atoms with van der Waals surface area (Å²) in [6.45, 7) is 4.12. The van der Waals surface area contributed by atoms with Crippen molar-refractivity contribution in [1.29, 1.82) is 0 Å². The van der Waals surface area contributed by atoms with Crippen LogP contribution in [0.3, 0.4) is 0 Å². The van der Waals surface area contributed by atoms with Crippen molar-refractivity contribution in [3.05, 3.63) is 0 Å². The fraction of sp³-hybridized carbons (Fsp3) is 0.818. The minimum absolute atomic E-state index is 0.113. The van der Waals surface area contributed by atoms with E-state index in [2.05, 4.69) is 15.0 Å². The van der Waals surface area contributed by atoms with Gasteiger partial charge in [0.25, 0.3) is 0 Å². The third-order valence-electron chi connectivity index (χ3n) is 2.71. The smallest absolute Gasteiger partial charge is 0.407 e. The van der Waals surface area contributed by atoms with Crippen molar-refractivity contribution in [2.45, 2.75) is 32.2 Å². The number of hydrogen-bond donors (Lipinski definition) is 1. The molecule has 0 radical (unpaired) electrons. The molecule has 5 nitrogen and oxygen atoms in total. The monoisotopic (exact) mass is 228 g/mol. The van der Waals surface area contributed by atoms with Crippen LogP contribution in [0.1, 0.15) is 26.2 Å². The molecule has 1 amide bonds. The molecule has 1 rings (SSSR count). The molecule has 1 aliphatic rings. The van der Waals surface area contributed by atoms with Gasteiger partial charge in [-0.25, -0.2) is 4.79 Å². The number of rotatable bonds is 5. The summed E-state index contributed by atoms with van der Waals surface area (Å²) >= 11 is 0. The predicted octanol–water partition coefficient (Wildman–Crippen LogP) is 0.786. The SMILES string of the molecule is CCCC(=O)CN1CCC(NC(=O)OC)C1. The molecule has 0 aliphatic carbocycles. The first-order valence-electron chi connectivity index (χ1n) is 5.74. The third kappa shape index (κ3) is 4.18. The van der Waals surface area contributed by atoms with Crippen molar-refractivity contribution in [2.75, 3.05) is 26.7 Å². The van der Waals surface area contributed by atoms with Crippen molar-refractivity contribution >= 4 is 11.9 Å². The number of nitrogens with one attached hydrogen (secondary N) is 1. The zero-order valence-corrected chi connectivity index (χ0v) is 9.99. The number of ether oxygens (including phenoxy) is 1. The number of nitrogens with zero attached hydrogens (tertiary/aromatic N) is 1. The Kier molecular flexibility index (Phi) is 5.25.